The second-order valence-electron chi connectivity index (χ2n) is 6.63. The molecular weight excluding hydrogens is 228 g/mol. The van der Waals surface area contributed by atoms with Gasteiger partial charge in [-0.15, -0.1) is 0 Å². The summed E-state index contributed by atoms with van der Waals surface area (Å²) < 4.78 is 0. The Bertz CT molecular complexity index is 226. The van der Waals surface area contributed by atoms with Gasteiger partial charge in [-0.25, -0.2) is 0 Å². The van der Waals surface area contributed by atoms with Gasteiger partial charge in [-0.2, -0.15) is 0 Å². The molecule has 0 saturated carbocycles. The summed E-state index contributed by atoms with van der Waals surface area (Å²) in [5.41, 5.74) is 1.60. The average molecular weight is 267 g/mol. The third-order valence-electron chi connectivity index (χ3n) is 4.76. The topological polar surface area (TPSA) is 0 Å². The number of hydrogen-bond donors (Lipinski definition) is 0. The Labute approximate surface area is 123 Å². The fourth-order valence-corrected chi connectivity index (χ4v) is 2.94. The van der Waals surface area contributed by atoms with Crippen molar-refractivity contribution in [2.24, 2.45) is 17.8 Å². The van der Waals surface area contributed by atoms with Crippen molar-refractivity contribution >= 4 is 0 Å². The number of allylic oxidation sites excluding steroid dienone is 2. The number of hydrogen-bond acceptors (Lipinski definition) is 0. The minimum absolute atomic E-state index is 0.883. The lowest BCUT2D eigenvalue weighted by molar-refractivity contribution is 0.270. The minimum Gasteiger partial charge on any atom is -0.0856 e. The molecule has 0 aliphatic carbocycles. The van der Waals surface area contributed by atoms with E-state index in [-0.39, 0.29) is 0 Å². The van der Waals surface area contributed by atoms with Gasteiger partial charge in [-0.1, -0.05) is 65.5 Å². The van der Waals surface area contributed by atoms with E-state index in [4.69, 9.17) is 0 Å². The molecule has 114 valence electrons. The van der Waals surface area contributed by atoms with Gasteiger partial charge >= 0.3 is 0 Å². The van der Waals surface area contributed by atoms with Gasteiger partial charge in [-0.3, -0.25) is 0 Å². The van der Waals surface area contributed by atoms with Gasteiger partial charge < -0.3 is 0 Å². The molecule has 0 N–H and O–H groups in total. The van der Waals surface area contributed by atoms with E-state index in [9.17, 15) is 0 Å². The maximum Gasteiger partial charge on any atom is -0.0323 e. The van der Waals surface area contributed by atoms with Crippen molar-refractivity contribution in [2.75, 3.05) is 0 Å². The quantitative estimate of drug-likeness (QED) is 0.353. The summed E-state index contributed by atoms with van der Waals surface area (Å²) in [6.07, 6.45) is 13.2. The summed E-state index contributed by atoms with van der Waals surface area (Å²) in [4.78, 5) is 0. The molecule has 0 nitrogen and oxygen atoms in total. The maximum absolute atomic E-state index is 2.48. The van der Waals surface area contributed by atoms with Gasteiger partial charge in [0.25, 0.3) is 0 Å². The van der Waals surface area contributed by atoms with E-state index in [0.29, 0.717) is 0 Å². The largest absolute Gasteiger partial charge is 0.0856 e. The fourth-order valence-electron chi connectivity index (χ4n) is 2.94. The van der Waals surface area contributed by atoms with E-state index < -0.39 is 0 Å². The van der Waals surface area contributed by atoms with Crippen molar-refractivity contribution in [3.8, 4) is 0 Å². The SMILES string of the molecule is CCCCC(C)=CCCC(C)CC(CC)C(C)CC. The summed E-state index contributed by atoms with van der Waals surface area (Å²) in [6, 6.07) is 0. The summed E-state index contributed by atoms with van der Waals surface area (Å²) in [5.74, 6) is 2.72. The van der Waals surface area contributed by atoms with Crippen LogP contribution in [-0.4, -0.2) is 0 Å². The zero-order valence-electron chi connectivity index (χ0n) is 14.5. The molecule has 0 aromatic heterocycles. The fraction of sp³-hybridized carbons (Fsp3) is 0.895. The van der Waals surface area contributed by atoms with Crippen molar-refractivity contribution in [2.45, 2.75) is 92.9 Å². The highest BCUT2D eigenvalue weighted by Gasteiger charge is 2.16. The number of unbranched alkanes of at least 4 members (excludes halogenated alkanes) is 1. The highest BCUT2D eigenvalue weighted by Crippen LogP contribution is 2.28. The molecule has 0 amide bonds. The van der Waals surface area contributed by atoms with E-state index in [1.807, 2.05) is 0 Å². The molecule has 3 unspecified atom stereocenters. The lowest BCUT2D eigenvalue weighted by Gasteiger charge is -2.24. The molecule has 0 fully saturated rings. The first-order valence-corrected chi connectivity index (χ1v) is 8.70. The highest BCUT2D eigenvalue weighted by molar-refractivity contribution is 4.97. The normalized spacial score (nSPS) is 17.3. The molecule has 0 bridgehead atoms. The van der Waals surface area contributed by atoms with Crippen molar-refractivity contribution < 1.29 is 0 Å². The van der Waals surface area contributed by atoms with E-state index in [1.165, 1.54) is 51.4 Å². The van der Waals surface area contributed by atoms with Crippen molar-refractivity contribution in [3.05, 3.63) is 11.6 Å². The molecule has 0 heterocycles. The van der Waals surface area contributed by atoms with Gasteiger partial charge in [0.2, 0.25) is 0 Å². The standard InChI is InChI=1S/C19H38/c1-7-10-12-16(4)13-11-14-17(5)15-19(9-3)18(6)8-2/h13,17-19H,7-12,14-15H2,1-6H3. The van der Waals surface area contributed by atoms with Crippen molar-refractivity contribution in [1.29, 1.82) is 0 Å². The maximum atomic E-state index is 2.48. The van der Waals surface area contributed by atoms with Crippen LogP contribution in [0.3, 0.4) is 0 Å². The molecule has 0 spiro atoms. The van der Waals surface area contributed by atoms with Gasteiger partial charge in [0.05, 0.1) is 0 Å². The molecule has 0 rings (SSSR count). The van der Waals surface area contributed by atoms with Crippen molar-refractivity contribution in [3.63, 3.8) is 0 Å². The molecular formula is C19H38. The van der Waals surface area contributed by atoms with Gasteiger partial charge in [0.1, 0.15) is 0 Å². The van der Waals surface area contributed by atoms with Crippen LogP contribution in [0.15, 0.2) is 11.6 Å². The summed E-state index contributed by atoms with van der Waals surface area (Å²) in [7, 11) is 0. The lowest BCUT2D eigenvalue weighted by Crippen LogP contribution is -2.13. The highest BCUT2D eigenvalue weighted by atomic mass is 14.2. The Morgan fingerprint density at radius 1 is 1.05 bits per heavy atom. The first-order chi connectivity index (χ1) is 9.04. The summed E-state index contributed by atoms with van der Waals surface area (Å²) in [5, 5.41) is 0. The molecule has 0 aliphatic rings. The second kappa shape index (κ2) is 11.6. The Kier molecular flexibility index (Phi) is 11.4. The van der Waals surface area contributed by atoms with Crippen molar-refractivity contribution in [1.82, 2.24) is 0 Å². The van der Waals surface area contributed by atoms with Crippen LogP contribution in [0, 0.1) is 17.8 Å². The minimum atomic E-state index is 0.883. The number of rotatable bonds is 11. The molecule has 0 heteroatoms. The van der Waals surface area contributed by atoms with Gasteiger partial charge in [-0.05, 0) is 56.8 Å². The van der Waals surface area contributed by atoms with Crippen LogP contribution in [0.2, 0.25) is 0 Å². The van der Waals surface area contributed by atoms with Crippen LogP contribution in [0.25, 0.3) is 0 Å². The predicted octanol–water partition coefficient (Wildman–Crippen LogP) is 7.00. The molecule has 3 atom stereocenters. The van der Waals surface area contributed by atoms with Gasteiger partial charge in [0, 0.05) is 0 Å². The van der Waals surface area contributed by atoms with Gasteiger partial charge in [0.15, 0.2) is 0 Å². The third-order valence-corrected chi connectivity index (χ3v) is 4.76. The Morgan fingerprint density at radius 3 is 2.26 bits per heavy atom. The van der Waals surface area contributed by atoms with Crippen LogP contribution in [0.5, 0.6) is 0 Å². The first kappa shape index (κ1) is 18.7. The van der Waals surface area contributed by atoms with E-state index in [2.05, 4.69) is 47.6 Å². The Hall–Kier alpha value is -0.260. The smallest absolute Gasteiger partial charge is 0.0323 e. The average Bonchev–Trinajstić information content (AvgIpc) is 2.41. The van der Waals surface area contributed by atoms with Crippen LogP contribution >= 0.6 is 0 Å². The zero-order valence-corrected chi connectivity index (χ0v) is 14.5. The summed E-state index contributed by atoms with van der Waals surface area (Å²) in [6.45, 7) is 14.1. The monoisotopic (exact) mass is 266 g/mol. The molecule has 0 aromatic rings. The zero-order chi connectivity index (χ0) is 14.7. The van der Waals surface area contributed by atoms with Crippen LogP contribution < -0.4 is 0 Å². The summed E-state index contributed by atoms with van der Waals surface area (Å²) >= 11 is 0. The second-order valence-corrected chi connectivity index (χ2v) is 6.63. The van der Waals surface area contributed by atoms with E-state index in [0.717, 1.165) is 17.8 Å². The predicted molar refractivity (Wildman–Crippen MR) is 89.5 cm³/mol. The van der Waals surface area contributed by atoms with Crippen LogP contribution in [-0.2, 0) is 0 Å². The molecule has 0 radical (unpaired) electrons. The molecule has 19 heavy (non-hydrogen) atoms. The Morgan fingerprint density at radius 2 is 1.74 bits per heavy atom. The molecule has 0 aliphatic heterocycles. The Balaban J connectivity index is 3.93. The molecule has 0 saturated heterocycles. The third kappa shape index (κ3) is 9.30. The molecule has 0 aromatic carbocycles. The lowest BCUT2D eigenvalue weighted by atomic mass is 9.81. The first-order valence-electron chi connectivity index (χ1n) is 8.70. The van der Waals surface area contributed by atoms with Crippen LogP contribution in [0.4, 0.5) is 0 Å². The van der Waals surface area contributed by atoms with E-state index >= 15 is 0 Å². The van der Waals surface area contributed by atoms with Crippen LogP contribution in [0.1, 0.15) is 92.9 Å². The van der Waals surface area contributed by atoms with E-state index in [1.54, 1.807) is 5.57 Å².